The third-order valence-corrected chi connectivity index (χ3v) is 9.52. The fourth-order valence-electron chi connectivity index (χ4n) is 7.16. The molecule has 0 spiro atoms. The summed E-state index contributed by atoms with van der Waals surface area (Å²) in [6, 6.07) is 32.1. The Morgan fingerprint density at radius 1 is 0.893 bits per heavy atom. The first-order chi connectivity index (χ1) is 26.9. The molecule has 2 aromatic heterocycles. The fourth-order valence-corrected chi connectivity index (χ4v) is 7.16. The zero-order valence-corrected chi connectivity index (χ0v) is 32.4. The lowest BCUT2D eigenvalue weighted by atomic mass is 10.0. The molecule has 3 aromatic carbocycles. The molecule has 4 heterocycles. The highest BCUT2D eigenvalue weighted by Crippen LogP contribution is 2.40. The van der Waals surface area contributed by atoms with E-state index < -0.39 is 54.1 Å². The molecule has 2 unspecified atom stereocenters. The van der Waals surface area contributed by atoms with Crippen LogP contribution in [0, 0.1) is 0 Å². The maximum atomic E-state index is 13.9. The molecule has 2 aliphatic heterocycles. The Morgan fingerprint density at radius 2 is 1.57 bits per heavy atom. The molecule has 7 rings (SSSR count). The number of carbonyl (C=O) groups is 2. The van der Waals surface area contributed by atoms with Gasteiger partial charge in [-0.2, -0.15) is 0 Å². The van der Waals surface area contributed by atoms with E-state index in [1.54, 1.807) is 27.0 Å². The van der Waals surface area contributed by atoms with Crippen molar-refractivity contribution in [2.24, 2.45) is 0 Å². The van der Waals surface area contributed by atoms with Crippen LogP contribution < -0.4 is 5.32 Å². The molecule has 1 amide bonds. The number of benzene rings is 3. The predicted octanol–water partition coefficient (Wildman–Crippen LogP) is 7.77. The Morgan fingerprint density at radius 3 is 2.27 bits per heavy atom. The van der Waals surface area contributed by atoms with Crippen LogP contribution in [0.1, 0.15) is 57.0 Å². The summed E-state index contributed by atoms with van der Waals surface area (Å²) in [6.07, 6.45) is 3.71. The second-order valence-corrected chi connectivity index (χ2v) is 15.4. The van der Waals surface area contributed by atoms with Crippen molar-refractivity contribution in [2.45, 2.75) is 103 Å². The molecule has 0 bridgehead atoms. The summed E-state index contributed by atoms with van der Waals surface area (Å²) in [5.74, 6) is -0.673. The molecule has 0 radical (unpaired) electrons. The lowest BCUT2D eigenvalue weighted by Crippen LogP contribution is -2.45. The third-order valence-electron chi connectivity index (χ3n) is 9.52. The SMILES string of the molecule is CC(C)(C)OC(=O)N[C@@H](Cc1c(C/C=C/[C@H]2O[C@@H]3OC(C)(C)OC3C2OCc2ccccc2)n(-c2ccccn2)c2ccccc12)C(=O)OCc1ccccc1. The Balaban J connectivity index is 1.22. The first-order valence-corrected chi connectivity index (χ1v) is 19.0. The molecule has 2 fully saturated rings. The highest BCUT2D eigenvalue weighted by molar-refractivity contribution is 5.89. The molecule has 11 nitrogen and oxygen atoms in total. The van der Waals surface area contributed by atoms with Gasteiger partial charge >= 0.3 is 12.1 Å². The van der Waals surface area contributed by atoms with Gasteiger partial charge in [0, 0.05) is 30.1 Å². The number of ether oxygens (including phenoxy) is 6. The quantitative estimate of drug-likeness (QED) is 0.0949. The Bertz CT molecular complexity index is 2130. The van der Waals surface area contributed by atoms with E-state index in [0.29, 0.717) is 18.8 Å². The molecule has 1 N–H and O–H groups in total. The highest BCUT2D eigenvalue weighted by Gasteiger charge is 2.54. The molecule has 56 heavy (non-hydrogen) atoms. The van der Waals surface area contributed by atoms with Gasteiger partial charge in [0.1, 0.15) is 42.4 Å². The summed E-state index contributed by atoms with van der Waals surface area (Å²) >= 11 is 0. The third kappa shape index (κ3) is 9.37. The van der Waals surface area contributed by atoms with Gasteiger partial charge in [-0.05, 0) is 69.5 Å². The molecule has 2 aliphatic rings. The molecule has 11 heteroatoms. The van der Waals surface area contributed by atoms with Crippen LogP contribution in [0.4, 0.5) is 4.79 Å². The molecule has 2 saturated heterocycles. The molecule has 292 valence electrons. The number of hydrogen-bond donors (Lipinski definition) is 1. The van der Waals surface area contributed by atoms with E-state index in [1.807, 2.05) is 129 Å². The minimum absolute atomic E-state index is 0.0545. The lowest BCUT2D eigenvalue weighted by molar-refractivity contribution is -0.213. The summed E-state index contributed by atoms with van der Waals surface area (Å²) in [4.78, 5) is 31.8. The van der Waals surface area contributed by atoms with Crippen molar-refractivity contribution in [3.63, 3.8) is 0 Å². The number of nitrogens with zero attached hydrogens (tertiary/aromatic N) is 2. The minimum atomic E-state index is -1.06. The van der Waals surface area contributed by atoms with Gasteiger partial charge in [0.25, 0.3) is 0 Å². The van der Waals surface area contributed by atoms with Crippen LogP contribution in [0.2, 0.25) is 0 Å². The van der Waals surface area contributed by atoms with E-state index in [9.17, 15) is 9.59 Å². The van der Waals surface area contributed by atoms with Crippen LogP contribution in [0.15, 0.2) is 121 Å². The fraction of sp³-hybridized carbons (Fsp3) is 0.356. The van der Waals surface area contributed by atoms with Crippen LogP contribution >= 0.6 is 0 Å². The van der Waals surface area contributed by atoms with E-state index in [0.717, 1.165) is 33.3 Å². The molecule has 0 saturated carbocycles. The maximum absolute atomic E-state index is 13.9. The number of para-hydroxylation sites is 1. The van der Waals surface area contributed by atoms with E-state index in [4.69, 9.17) is 33.4 Å². The predicted molar refractivity (Wildman–Crippen MR) is 211 cm³/mol. The summed E-state index contributed by atoms with van der Waals surface area (Å²) in [5.41, 5.74) is 3.72. The number of esters is 1. The van der Waals surface area contributed by atoms with Crippen molar-refractivity contribution in [1.29, 1.82) is 0 Å². The highest BCUT2D eigenvalue weighted by atomic mass is 16.8. The van der Waals surface area contributed by atoms with Gasteiger partial charge in [-0.1, -0.05) is 97.1 Å². The van der Waals surface area contributed by atoms with Crippen LogP contribution in [0.25, 0.3) is 16.7 Å². The van der Waals surface area contributed by atoms with Gasteiger partial charge in [0.2, 0.25) is 0 Å². The lowest BCUT2D eigenvalue weighted by Gasteiger charge is -2.24. The number of rotatable bonds is 13. The first kappa shape index (κ1) is 38.9. The van der Waals surface area contributed by atoms with Crippen LogP contribution in [-0.4, -0.2) is 63.6 Å². The van der Waals surface area contributed by atoms with Crippen LogP contribution in [0.3, 0.4) is 0 Å². The van der Waals surface area contributed by atoms with Crippen molar-refractivity contribution < 1.29 is 38.0 Å². The number of amides is 1. The number of alkyl carbamates (subject to hydrolysis) is 1. The normalized spacial score (nSPS) is 20.9. The summed E-state index contributed by atoms with van der Waals surface area (Å²) < 4.78 is 38.8. The van der Waals surface area contributed by atoms with Crippen LogP contribution in [0.5, 0.6) is 0 Å². The van der Waals surface area contributed by atoms with Gasteiger partial charge in [0.15, 0.2) is 12.1 Å². The zero-order chi connectivity index (χ0) is 39.3. The smallest absolute Gasteiger partial charge is 0.408 e. The molecule has 5 atom stereocenters. The van der Waals surface area contributed by atoms with E-state index in [1.165, 1.54) is 0 Å². The number of pyridine rings is 1. The van der Waals surface area contributed by atoms with Crippen molar-refractivity contribution in [3.8, 4) is 5.82 Å². The largest absolute Gasteiger partial charge is 0.459 e. The Hall–Kier alpha value is -5.33. The van der Waals surface area contributed by atoms with Crippen molar-refractivity contribution in [2.75, 3.05) is 0 Å². The number of aromatic nitrogens is 2. The first-order valence-electron chi connectivity index (χ1n) is 19.0. The zero-order valence-electron chi connectivity index (χ0n) is 32.4. The summed E-state index contributed by atoms with van der Waals surface area (Å²) in [6.45, 7) is 9.51. The second-order valence-electron chi connectivity index (χ2n) is 15.4. The average Bonchev–Trinajstić information content (AvgIpc) is 3.77. The van der Waals surface area contributed by atoms with Gasteiger partial charge in [-0.15, -0.1) is 0 Å². The Labute approximate surface area is 327 Å². The summed E-state index contributed by atoms with van der Waals surface area (Å²) in [7, 11) is 0. The van der Waals surface area contributed by atoms with Gasteiger partial charge < -0.3 is 33.7 Å². The van der Waals surface area contributed by atoms with Gasteiger partial charge in [-0.3, -0.25) is 4.57 Å². The number of allylic oxidation sites excluding steroid dienone is 1. The molecular formula is C45H49N3O8. The Kier molecular flexibility index (Phi) is 11.7. The van der Waals surface area contributed by atoms with Crippen molar-refractivity contribution >= 4 is 23.0 Å². The monoisotopic (exact) mass is 759 g/mol. The summed E-state index contributed by atoms with van der Waals surface area (Å²) in [5, 5.41) is 3.73. The average molecular weight is 760 g/mol. The molecular weight excluding hydrogens is 711 g/mol. The van der Waals surface area contributed by atoms with Gasteiger partial charge in [-0.25, -0.2) is 14.6 Å². The topological polar surface area (TPSA) is 119 Å². The second kappa shape index (κ2) is 16.8. The maximum Gasteiger partial charge on any atom is 0.408 e. The van der Waals surface area contributed by atoms with Gasteiger partial charge in [0.05, 0.1) is 12.1 Å². The van der Waals surface area contributed by atoms with E-state index in [2.05, 4.69) is 9.88 Å². The number of carbonyl (C=O) groups excluding carboxylic acids is 2. The number of fused-ring (bicyclic) bond motifs is 2. The van der Waals surface area contributed by atoms with E-state index in [-0.39, 0.29) is 13.0 Å². The molecule has 0 aliphatic carbocycles. The van der Waals surface area contributed by atoms with E-state index >= 15 is 0 Å². The minimum Gasteiger partial charge on any atom is -0.459 e. The van der Waals surface area contributed by atoms with Crippen molar-refractivity contribution in [1.82, 2.24) is 14.9 Å². The number of nitrogens with one attached hydrogen (secondary N) is 1. The molecule has 5 aromatic rings. The standard InChI is InChI=1S/C45H49N3O8/c1-44(2,3)56-43(50)47-34(41(49)52-29-31-19-10-7-11-20-31)27-33-32-21-12-13-22-35(32)48(38-25-14-15-26-46-38)36(33)23-16-24-37-39(51-28-30-17-8-6-9-18-30)40-42(53-37)55-45(4,5)54-40/h6-22,24-26,34,37,39-40,42H,23,27-29H2,1-5H3,(H,47,50)/b24-16+/t34-,37+,39?,40?,42+/m0/s1. The number of hydrogen-bond acceptors (Lipinski definition) is 9. The van der Waals surface area contributed by atoms with Crippen molar-refractivity contribution in [3.05, 3.63) is 144 Å². The van der Waals surface area contributed by atoms with Crippen LogP contribution in [-0.2, 0) is 59.3 Å².